The minimum absolute atomic E-state index is 0.231. The summed E-state index contributed by atoms with van der Waals surface area (Å²) >= 11 is 0. The van der Waals surface area contributed by atoms with Crippen LogP contribution in [0.15, 0.2) is 30.3 Å². The van der Waals surface area contributed by atoms with Crippen LogP contribution in [0.25, 0.3) is 0 Å². The van der Waals surface area contributed by atoms with Crippen LogP contribution in [0.3, 0.4) is 0 Å². The number of benzene rings is 1. The zero-order valence-electron chi connectivity index (χ0n) is 12.7. The molecule has 1 N–H and O–H groups in total. The number of nitrogens with one attached hydrogen (secondary N) is 1. The molecule has 0 bridgehead atoms. The summed E-state index contributed by atoms with van der Waals surface area (Å²) in [7, 11) is 0. The Morgan fingerprint density at radius 2 is 2.00 bits per heavy atom. The summed E-state index contributed by atoms with van der Waals surface area (Å²) < 4.78 is 19.1. The van der Waals surface area contributed by atoms with Crippen molar-refractivity contribution in [3.63, 3.8) is 0 Å². The molecule has 0 fully saturated rings. The predicted octanol–water partition coefficient (Wildman–Crippen LogP) is 3.99. The van der Waals surface area contributed by atoms with E-state index < -0.39 is 0 Å². The summed E-state index contributed by atoms with van der Waals surface area (Å²) in [6.45, 7) is 7.54. The third-order valence-corrected chi connectivity index (χ3v) is 3.21. The van der Waals surface area contributed by atoms with Crippen molar-refractivity contribution in [3.05, 3.63) is 53.0 Å². The first-order chi connectivity index (χ1) is 10.1. The second-order valence-electron chi connectivity index (χ2n) is 4.95. The van der Waals surface area contributed by atoms with E-state index in [0.717, 1.165) is 30.8 Å². The van der Waals surface area contributed by atoms with E-state index in [0.29, 0.717) is 17.2 Å². The lowest BCUT2D eigenvalue weighted by molar-refractivity contribution is 0.457. The molecule has 4 heteroatoms. The van der Waals surface area contributed by atoms with Crippen LogP contribution in [0.5, 0.6) is 11.6 Å². The standard InChI is InChI=1S/C17H21FN2O/c1-4-14-9-13(11-19-5-2)10-17(20-14)21-15-6-7-16(18)12(3)8-15/h6-10,19H,4-5,11H2,1-3H3. The maximum Gasteiger partial charge on any atom is 0.219 e. The molecule has 0 unspecified atom stereocenters. The molecule has 112 valence electrons. The van der Waals surface area contributed by atoms with Crippen molar-refractivity contribution < 1.29 is 9.13 Å². The molecule has 0 spiro atoms. The number of halogens is 1. The normalized spacial score (nSPS) is 10.7. The smallest absolute Gasteiger partial charge is 0.219 e. The number of aromatic nitrogens is 1. The van der Waals surface area contributed by atoms with Gasteiger partial charge in [0.25, 0.3) is 0 Å². The van der Waals surface area contributed by atoms with Crippen molar-refractivity contribution in [2.45, 2.75) is 33.7 Å². The topological polar surface area (TPSA) is 34.2 Å². The second-order valence-corrected chi connectivity index (χ2v) is 4.95. The van der Waals surface area contributed by atoms with Crippen LogP contribution in [-0.4, -0.2) is 11.5 Å². The summed E-state index contributed by atoms with van der Waals surface area (Å²) in [5, 5.41) is 3.29. The van der Waals surface area contributed by atoms with Crippen molar-refractivity contribution in [1.29, 1.82) is 0 Å². The first-order valence-corrected chi connectivity index (χ1v) is 7.27. The molecular weight excluding hydrogens is 267 g/mol. The number of aryl methyl sites for hydroxylation is 2. The molecule has 1 heterocycles. The molecular formula is C17H21FN2O. The van der Waals surface area contributed by atoms with Crippen molar-refractivity contribution in [2.75, 3.05) is 6.54 Å². The fourth-order valence-electron chi connectivity index (χ4n) is 2.03. The number of rotatable bonds is 6. The van der Waals surface area contributed by atoms with Crippen LogP contribution in [0.1, 0.15) is 30.7 Å². The molecule has 21 heavy (non-hydrogen) atoms. The zero-order valence-corrected chi connectivity index (χ0v) is 12.7. The Bertz CT molecular complexity index is 614. The molecule has 2 rings (SSSR count). The van der Waals surface area contributed by atoms with E-state index in [1.807, 2.05) is 6.07 Å². The molecule has 1 aromatic carbocycles. The average molecular weight is 288 g/mol. The van der Waals surface area contributed by atoms with Gasteiger partial charge in [-0.25, -0.2) is 9.37 Å². The van der Waals surface area contributed by atoms with E-state index in [-0.39, 0.29) is 5.82 Å². The first kappa shape index (κ1) is 15.4. The number of hydrogen-bond donors (Lipinski definition) is 1. The number of ether oxygens (including phenoxy) is 1. The third kappa shape index (κ3) is 4.26. The summed E-state index contributed by atoms with van der Waals surface area (Å²) in [4.78, 5) is 4.46. The van der Waals surface area contributed by atoms with Crippen LogP contribution in [0.2, 0.25) is 0 Å². The van der Waals surface area contributed by atoms with Gasteiger partial charge in [-0.1, -0.05) is 13.8 Å². The average Bonchev–Trinajstić information content (AvgIpc) is 2.48. The van der Waals surface area contributed by atoms with Gasteiger partial charge in [-0.3, -0.25) is 0 Å². The maximum absolute atomic E-state index is 13.3. The van der Waals surface area contributed by atoms with Gasteiger partial charge in [-0.2, -0.15) is 0 Å². The second kappa shape index (κ2) is 7.18. The van der Waals surface area contributed by atoms with Crippen LogP contribution in [-0.2, 0) is 13.0 Å². The van der Waals surface area contributed by atoms with Crippen LogP contribution in [0.4, 0.5) is 4.39 Å². The Balaban J connectivity index is 2.23. The van der Waals surface area contributed by atoms with Gasteiger partial charge in [0.2, 0.25) is 5.88 Å². The molecule has 0 aliphatic heterocycles. The molecule has 1 aromatic heterocycles. The molecule has 0 radical (unpaired) electrons. The third-order valence-electron chi connectivity index (χ3n) is 3.21. The monoisotopic (exact) mass is 288 g/mol. The van der Waals surface area contributed by atoms with Gasteiger partial charge < -0.3 is 10.1 Å². The fraction of sp³-hybridized carbons (Fsp3) is 0.353. The quantitative estimate of drug-likeness (QED) is 0.872. The van der Waals surface area contributed by atoms with Gasteiger partial charge in [0.1, 0.15) is 11.6 Å². The molecule has 0 atom stereocenters. The van der Waals surface area contributed by atoms with E-state index in [9.17, 15) is 4.39 Å². The number of nitrogens with zero attached hydrogens (tertiary/aromatic N) is 1. The SMILES string of the molecule is CCNCc1cc(CC)nc(Oc2ccc(F)c(C)c2)c1. The van der Waals surface area contributed by atoms with Crippen LogP contribution in [0, 0.1) is 12.7 Å². The summed E-state index contributed by atoms with van der Waals surface area (Å²) in [6, 6.07) is 8.70. The molecule has 0 saturated carbocycles. The van der Waals surface area contributed by atoms with Gasteiger partial charge in [0.15, 0.2) is 0 Å². The van der Waals surface area contributed by atoms with Gasteiger partial charge in [0, 0.05) is 18.3 Å². The minimum Gasteiger partial charge on any atom is -0.439 e. The Labute approximate surface area is 125 Å². The van der Waals surface area contributed by atoms with Crippen molar-refractivity contribution in [1.82, 2.24) is 10.3 Å². The molecule has 0 aliphatic rings. The number of hydrogen-bond acceptors (Lipinski definition) is 3. The fourth-order valence-corrected chi connectivity index (χ4v) is 2.03. The van der Waals surface area contributed by atoms with Gasteiger partial charge >= 0.3 is 0 Å². The summed E-state index contributed by atoms with van der Waals surface area (Å²) in [6.07, 6.45) is 0.846. The van der Waals surface area contributed by atoms with Crippen molar-refractivity contribution >= 4 is 0 Å². The summed E-state index contributed by atoms with van der Waals surface area (Å²) in [5.74, 6) is 0.919. The molecule has 0 amide bonds. The Morgan fingerprint density at radius 1 is 1.19 bits per heavy atom. The lowest BCUT2D eigenvalue weighted by Crippen LogP contribution is -2.12. The summed E-state index contributed by atoms with van der Waals surface area (Å²) in [5.41, 5.74) is 2.68. The number of pyridine rings is 1. The van der Waals surface area contributed by atoms with Crippen molar-refractivity contribution in [3.8, 4) is 11.6 Å². The highest BCUT2D eigenvalue weighted by molar-refractivity contribution is 5.33. The first-order valence-electron chi connectivity index (χ1n) is 7.27. The predicted molar refractivity (Wildman–Crippen MR) is 82.2 cm³/mol. The van der Waals surface area contributed by atoms with Gasteiger partial charge in [-0.05, 0) is 55.3 Å². The highest BCUT2D eigenvalue weighted by atomic mass is 19.1. The molecule has 0 aliphatic carbocycles. The molecule has 3 nitrogen and oxygen atoms in total. The molecule has 0 saturated heterocycles. The Morgan fingerprint density at radius 3 is 2.67 bits per heavy atom. The van der Waals surface area contributed by atoms with E-state index in [2.05, 4.69) is 30.2 Å². The highest BCUT2D eigenvalue weighted by Gasteiger charge is 2.06. The maximum atomic E-state index is 13.3. The van der Waals surface area contributed by atoms with Gasteiger partial charge in [0.05, 0.1) is 0 Å². The molecule has 2 aromatic rings. The van der Waals surface area contributed by atoms with E-state index in [4.69, 9.17) is 4.74 Å². The Kier molecular flexibility index (Phi) is 5.28. The van der Waals surface area contributed by atoms with E-state index in [1.165, 1.54) is 6.07 Å². The Hall–Kier alpha value is -1.94. The lowest BCUT2D eigenvalue weighted by Gasteiger charge is -2.10. The van der Waals surface area contributed by atoms with Crippen molar-refractivity contribution in [2.24, 2.45) is 0 Å². The van der Waals surface area contributed by atoms with Crippen LogP contribution < -0.4 is 10.1 Å². The minimum atomic E-state index is -0.231. The van der Waals surface area contributed by atoms with Crippen LogP contribution >= 0.6 is 0 Å². The zero-order chi connectivity index (χ0) is 15.2. The lowest BCUT2D eigenvalue weighted by atomic mass is 10.2. The van der Waals surface area contributed by atoms with Gasteiger partial charge in [-0.15, -0.1) is 0 Å². The van der Waals surface area contributed by atoms with E-state index in [1.54, 1.807) is 19.1 Å². The largest absolute Gasteiger partial charge is 0.439 e. The highest BCUT2D eigenvalue weighted by Crippen LogP contribution is 2.23. The van der Waals surface area contributed by atoms with E-state index >= 15 is 0 Å².